The van der Waals surface area contributed by atoms with Crippen LogP contribution in [-0.4, -0.2) is 17.3 Å². The average molecular weight is 302 g/mol. The van der Waals surface area contributed by atoms with E-state index in [1.54, 1.807) is 12.1 Å². The Hall–Kier alpha value is -0.900. The quantitative estimate of drug-likeness (QED) is 0.830. The van der Waals surface area contributed by atoms with Crippen molar-refractivity contribution in [2.24, 2.45) is 0 Å². The van der Waals surface area contributed by atoms with Gasteiger partial charge in [0.25, 0.3) is 5.91 Å². The maximum atomic E-state index is 13.5. The maximum absolute atomic E-state index is 13.5. The molecule has 17 heavy (non-hydrogen) atoms. The van der Waals surface area contributed by atoms with Gasteiger partial charge in [-0.25, -0.2) is 4.39 Å². The molecule has 1 rings (SSSR count). The Morgan fingerprint density at radius 3 is 2.82 bits per heavy atom. The molecule has 1 amide bonds. The Balaban J connectivity index is 2.78. The van der Waals surface area contributed by atoms with E-state index in [1.165, 1.54) is 6.07 Å². The van der Waals surface area contributed by atoms with Crippen LogP contribution < -0.4 is 5.32 Å². The Morgan fingerprint density at radius 1 is 1.53 bits per heavy atom. The van der Waals surface area contributed by atoms with Crippen molar-refractivity contribution in [1.82, 2.24) is 5.32 Å². The van der Waals surface area contributed by atoms with Gasteiger partial charge >= 0.3 is 0 Å². The monoisotopic (exact) mass is 301 g/mol. The first-order valence-corrected chi connectivity index (χ1v) is 6.83. The highest BCUT2D eigenvalue weighted by molar-refractivity contribution is 9.09. The van der Waals surface area contributed by atoms with Crippen molar-refractivity contribution in [3.63, 3.8) is 0 Å². The highest BCUT2D eigenvalue weighted by atomic mass is 79.9. The van der Waals surface area contributed by atoms with Crippen LogP contribution in [0.5, 0.6) is 0 Å². The number of halogens is 2. The van der Waals surface area contributed by atoms with Gasteiger partial charge in [-0.1, -0.05) is 34.5 Å². The van der Waals surface area contributed by atoms with E-state index in [1.807, 2.05) is 13.8 Å². The Bertz CT molecular complexity index is 395. The first-order chi connectivity index (χ1) is 8.08. The zero-order valence-electron chi connectivity index (χ0n) is 10.1. The molecule has 1 N–H and O–H groups in total. The SMILES string of the molecule is CCC(CCBr)NC(=O)c1cc(C)ccc1F. The third-order valence-electron chi connectivity index (χ3n) is 2.65. The summed E-state index contributed by atoms with van der Waals surface area (Å²) in [6.07, 6.45) is 1.68. The van der Waals surface area contributed by atoms with Gasteiger partial charge in [0.1, 0.15) is 5.82 Å². The fourth-order valence-corrected chi connectivity index (χ4v) is 2.14. The lowest BCUT2D eigenvalue weighted by atomic mass is 10.1. The Labute approximate surface area is 110 Å². The van der Waals surface area contributed by atoms with Crippen LogP contribution in [0.2, 0.25) is 0 Å². The van der Waals surface area contributed by atoms with Crippen molar-refractivity contribution in [2.75, 3.05) is 5.33 Å². The van der Waals surface area contributed by atoms with Gasteiger partial charge in [-0.2, -0.15) is 0 Å². The average Bonchev–Trinajstić information content (AvgIpc) is 2.31. The number of hydrogen-bond acceptors (Lipinski definition) is 1. The lowest BCUT2D eigenvalue weighted by molar-refractivity contribution is 0.0931. The van der Waals surface area contributed by atoms with Crippen LogP contribution in [0.25, 0.3) is 0 Å². The topological polar surface area (TPSA) is 29.1 Å². The molecule has 2 nitrogen and oxygen atoms in total. The van der Waals surface area contributed by atoms with Crippen LogP contribution in [0, 0.1) is 12.7 Å². The Morgan fingerprint density at radius 2 is 2.24 bits per heavy atom. The molecule has 1 atom stereocenters. The smallest absolute Gasteiger partial charge is 0.254 e. The van der Waals surface area contributed by atoms with E-state index in [9.17, 15) is 9.18 Å². The number of aryl methyl sites for hydroxylation is 1. The summed E-state index contributed by atoms with van der Waals surface area (Å²) in [5, 5.41) is 3.66. The number of carbonyl (C=O) groups excluding carboxylic acids is 1. The zero-order chi connectivity index (χ0) is 12.8. The van der Waals surface area contributed by atoms with Crippen LogP contribution in [0.1, 0.15) is 35.7 Å². The molecule has 0 aliphatic heterocycles. The highest BCUT2D eigenvalue weighted by Gasteiger charge is 2.15. The lowest BCUT2D eigenvalue weighted by Crippen LogP contribution is -2.35. The molecule has 0 saturated carbocycles. The highest BCUT2D eigenvalue weighted by Crippen LogP contribution is 2.11. The summed E-state index contributed by atoms with van der Waals surface area (Å²) in [5.41, 5.74) is 1.00. The number of nitrogens with one attached hydrogen (secondary N) is 1. The third kappa shape index (κ3) is 4.11. The molecule has 1 aromatic rings. The molecule has 0 radical (unpaired) electrons. The number of carbonyl (C=O) groups is 1. The van der Waals surface area contributed by atoms with Gasteiger partial charge in [0.15, 0.2) is 0 Å². The molecule has 0 aromatic heterocycles. The van der Waals surface area contributed by atoms with Crippen molar-refractivity contribution < 1.29 is 9.18 Å². The van der Waals surface area contributed by atoms with Crippen molar-refractivity contribution >= 4 is 21.8 Å². The molecule has 94 valence electrons. The van der Waals surface area contributed by atoms with Gasteiger partial charge in [0, 0.05) is 11.4 Å². The summed E-state index contributed by atoms with van der Waals surface area (Å²) in [6, 6.07) is 4.64. The summed E-state index contributed by atoms with van der Waals surface area (Å²) in [5.74, 6) is -0.805. The molecule has 0 bridgehead atoms. The molecular formula is C13H17BrFNO. The summed E-state index contributed by atoms with van der Waals surface area (Å²) >= 11 is 3.34. The summed E-state index contributed by atoms with van der Waals surface area (Å²) in [4.78, 5) is 11.9. The van der Waals surface area contributed by atoms with E-state index >= 15 is 0 Å². The number of hydrogen-bond donors (Lipinski definition) is 1. The number of rotatable bonds is 5. The third-order valence-corrected chi connectivity index (χ3v) is 3.11. The lowest BCUT2D eigenvalue weighted by Gasteiger charge is -2.16. The predicted octanol–water partition coefficient (Wildman–Crippen LogP) is 3.43. The van der Waals surface area contributed by atoms with Gasteiger partial charge in [-0.3, -0.25) is 4.79 Å². The second-order valence-electron chi connectivity index (χ2n) is 4.04. The fourth-order valence-electron chi connectivity index (χ4n) is 1.59. The molecule has 1 aromatic carbocycles. The molecule has 0 aliphatic rings. The van der Waals surface area contributed by atoms with Gasteiger partial charge in [-0.15, -0.1) is 0 Å². The first kappa shape index (κ1) is 14.2. The molecule has 0 saturated heterocycles. The first-order valence-electron chi connectivity index (χ1n) is 5.71. The largest absolute Gasteiger partial charge is 0.349 e. The van der Waals surface area contributed by atoms with Gasteiger partial charge in [0.2, 0.25) is 0 Å². The van der Waals surface area contributed by atoms with E-state index < -0.39 is 5.82 Å². The number of amides is 1. The van der Waals surface area contributed by atoms with E-state index in [0.717, 1.165) is 23.7 Å². The van der Waals surface area contributed by atoms with Gasteiger partial charge in [0.05, 0.1) is 5.56 Å². The molecule has 0 spiro atoms. The van der Waals surface area contributed by atoms with E-state index in [4.69, 9.17) is 0 Å². The van der Waals surface area contributed by atoms with E-state index in [0.29, 0.717) is 0 Å². The summed E-state index contributed by atoms with van der Waals surface area (Å²) in [6.45, 7) is 3.84. The molecule has 0 fully saturated rings. The predicted molar refractivity (Wildman–Crippen MR) is 71.1 cm³/mol. The molecule has 4 heteroatoms. The molecule has 1 unspecified atom stereocenters. The van der Waals surface area contributed by atoms with Gasteiger partial charge < -0.3 is 5.32 Å². The van der Waals surface area contributed by atoms with Crippen molar-refractivity contribution in [3.05, 3.63) is 35.1 Å². The fraction of sp³-hybridized carbons (Fsp3) is 0.462. The normalized spacial score (nSPS) is 12.2. The second-order valence-corrected chi connectivity index (χ2v) is 4.83. The molecule has 0 aliphatic carbocycles. The minimum atomic E-state index is -0.471. The van der Waals surface area contributed by atoms with Crippen molar-refractivity contribution in [3.8, 4) is 0 Å². The second kappa shape index (κ2) is 6.74. The standard InChI is InChI=1S/C13H17BrFNO/c1-3-10(6-7-14)16-13(17)11-8-9(2)4-5-12(11)15/h4-5,8,10H,3,6-7H2,1-2H3,(H,16,17). The number of benzene rings is 1. The van der Waals surface area contributed by atoms with E-state index in [-0.39, 0.29) is 17.5 Å². The number of alkyl halides is 1. The van der Waals surface area contributed by atoms with Crippen molar-refractivity contribution in [1.29, 1.82) is 0 Å². The maximum Gasteiger partial charge on any atom is 0.254 e. The van der Waals surface area contributed by atoms with Crippen LogP contribution in [0.4, 0.5) is 4.39 Å². The van der Waals surface area contributed by atoms with Crippen LogP contribution in [0.15, 0.2) is 18.2 Å². The zero-order valence-corrected chi connectivity index (χ0v) is 11.7. The summed E-state index contributed by atoms with van der Waals surface area (Å²) in [7, 11) is 0. The minimum Gasteiger partial charge on any atom is -0.349 e. The van der Waals surface area contributed by atoms with Crippen LogP contribution in [0.3, 0.4) is 0 Å². The van der Waals surface area contributed by atoms with E-state index in [2.05, 4.69) is 21.2 Å². The van der Waals surface area contributed by atoms with Crippen LogP contribution >= 0.6 is 15.9 Å². The molecular weight excluding hydrogens is 285 g/mol. The summed E-state index contributed by atoms with van der Waals surface area (Å²) < 4.78 is 13.5. The van der Waals surface area contributed by atoms with Crippen LogP contribution in [-0.2, 0) is 0 Å². The van der Waals surface area contributed by atoms with Gasteiger partial charge in [-0.05, 0) is 31.9 Å². The Kier molecular flexibility index (Phi) is 5.62. The minimum absolute atomic E-state index is 0.0850. The molecule has 0 heterocycles. The van der Waals surface area contributed by atoms with Crippen molar-refractivity contribution in [2.45, 2.75) is 32.7 Å².